The van der Waals surface area contributed by atoms with Crippen LogP contribution >= 0.6 is 0 Å². The smallest absolute Gasteiger partial charge is 0.410 e. The third kappa shape index (κ3) is 10.9. The summed E-state index contributed by atoms with van der Waals surface area (Å²) in [6.45, 7) is 23.1. The van der Waals surface area contributed by atoms with Gasteiger partial charge < -0.3 is 28.9 Å². The predicted molar refractivity (Wildman–Crippen MR) is 211 cm³/mol. The normalized spacial score (nSPS) is 17.8. The van der Waals surface area contributed by atoms with Crippen molar-refractivity contribution >= 4 is 20.5 Å². The molecule has 0 saturated carbocycles. The summed E-state index contributed by atoms with van der Waals surface area (Å²) in [6.07, 6.45) is 0.426. The molecular formula is C43H62N2O6Si. The zero-order valence-electron chi connectivity index (χ0n) is 33.3. The Morgan fingerprint density at radius 3 is 1.63 bits per heavy atom. The Kier molecular flexibility index (Phi) is 13.1. The minimum Gasteiger partial charge on any atom is -0.444 e. The molecule has 3 aromatic carbocycles. The van der Waals surface area contributed by atoms with Crippen molar-refractivity contribution in [2.45, 2.75) is 135 Å². The van der Waals surface area contributed by atoms with Gasteiger partial charge in [0.1, 0.15) is 16.8 Å². The Morgan fingerprint density at radius 2 is 1.21 bits per heavy atom. The van der Waals surface area contributed by atoms with Crippen LogP contribution in [0.25, 0.3) is 0 Å². The Balaban J connectivity index is 1.73. The first-order valence-electron chi connectivity index (χ1n) is 18.7. The number of hydrogen-bond acceptors (Lipinski definition) is 6. The Labute approximate surface area is 313 Å². The van der Waals surface area contributed by atoms with E-state index in [4.69, 9.17) is 18.6 Å². The summed E-state index contributed by atoms with van der Waals surface area (Å²) in [5, 5.41) is 3.03. The van der Waals surface area contributed by atoms with Crippen LogP contribution in [0, 0.1) is 0 Å². The van der Waals surface area contributed by atoms with Crippen LogP contribution in [0.2, 0.25) is 18.1 Å². The van der Waals surface area contributed by atoms with Crippen LogP contribution in [0.3, 0.4) is 0 Å². The van der Waals surface area contributed by atoms with E-state index < -0.39 is 37.3 Å². The molecule has 1 heterocycles. The van der Waals surface area contributed by atoms with Gasteiger partial charge in [-0.1, -0.05) is 112 Å². The number of amides is 2. The van der Waals surface area contributed by atoms with Crippen molar-refractivity contribution in [2.24, 2.45) is 0 Å². The molecule has 52 heavy (non-hydrogen) atoms. The van der Waals surface area contributed by atoms with Crippen molar-refractivity contribution in [3.05, 3.63) is 108 Å². The van der Waals surface area contributed by atoms with Crippen LogP contribution in [0.4, 0.5) is 9.59 Å². The van der Waals surface area contributed by atoms with Crippen LogP contribution in [0.1, 0.15) is 98.3 Å². The fraction of sp³-hybridized carbons (Fsp3) is 0.535. The molecule has 284 valence electrons. The molecule has 3 aromatic rings. The summed E-state index contributed by atoms with van der Waals surface area (Å²) in [6, 6.07) is 30.5. The number of nitrogens with one attached hydrogen (secondary N) is 1. The lowest BCUT2D eigenvalue weighted by molar-refractivity contribution is -0.0535. The molecule has 9 heteroatoms. The van der Waals surface area contributed by atoms with Crippen molar-refractivity contribution in [1.29, 1.82) is 0 Å². The maximum atomic E-state index is 13.7. The minimum absolute atomic E-state index is 0.0315. The van der Waals surface area contributed by atoms with E-state index in [1.807, 2.05) is 101 Å². The first kappa shape index (κ1) is 41.1. The number of hydrogen-bond donors (Lipinski definition) is 1. The number of alkyl carbamates (subject to hydrolysis) is 1. The SMILES string of the molecule is CC(C)(C)OC(=O)NCC(CC[C@H]1C[C@H](O[Si](C)(C)C(C)(C)C)CN1C(=O)OC(C)(C)C)OC(c1ccccc1)(c1ccccc1)c1ccccc1. The molecular weight excluding hydrogens is 669 g/mol. The van der Waals surface area contributed by atoms with E-state index in [2.05, 4.69) is 75.6 Å². The van der Waals surface area contributed by atoms with Crippen LogP contribution in [-0.2, 0) is 24.2 Å². The van der Waals surface area contributed by atoms with Crippen LogP contribution in [0.15, 0.2) is 91.0 Å². The molecule has 1 unspecified atom stereocenters. The topological polar surface area (TPSA) is 86.3 Å². The van der Waals surface area contributed by atoms with Gasteiger partial charge in [0.2, 0.25) is 0 Å². The zero-order valence-corrected chi connectivity index (χ0v) is 34.3. The summed E-state index contributed by atoms with van der Waals surface area (Å²) in [5.74, 6) is 0. The van der Waals surface area contributed by atoms with Crippen molar-refractivity contribution < 1.29 is 28.2 Å². The van der Waals surface area contributed by atoms with Gasteiger partial charge >= 0.3 is 12.2 Å². The number of rotatable bonds is 12. The summed E-state index contributed by atoms with van der Waals surface area (Å²) in [4.78, 5) is 28.6. The van der Waals surface area contributed by atoms with Gasteiger partial charge in [-0.2, -0.15) is 0 Å². The second-order valence-electron chi connectivity index (χ2n) is 17.5. The van der Waals surface area contributed by atoms with Gasteiger partial charge in [0.05, 0.1) is 12.2 Å². The summed E-state index contributed by atoms with van der Waals surface area (Å²) < 4.78 is 25.9. The first-order chi connectivity index (χ1) is 24.2. The lowest BCUT2D eigenvalue weighted by Crippen LogP contribution is -2.45. The average Bonchev–Trinajstić information content (AvgIpc) is 3.45. The highest BCUT2D eigenvalue weighted by Crippen LogP contribution is 2.43. The summed E-state index contributed by atoms with van der Waals surface area (Å²) >= 11 is 0. The minimum atomic E-state index is -2.11. The highest BCUT2D eigenvalue weighted by molar-refractivity contribution is 6.74. The number of likely N-dealkylation sites (tertiary alicyclic amines) is 1. The molecule has 1 aliphatic heterocycles. The van der Waals surface area contributed by atoms with E-state index in [0.29, 0.717) is 25.8 Å². The van der Waals surface area contributed by atoms with E-state index in [9.17, 15) is 9.59 Å². The quantitative estimate of drug-likeness (QED) is 0.148. The highest BCUT2D eigenvalue weighted by Gasteiger charge is 2.45. The van der Waals surface area contributed by atoms with E-state index in [-0.39, 0.29) is 29.8 Å². The maximum Gasteiger partial charge on any atom is 0.410 e. The molecule has 1 fully saturated rings. The lowest BCUT2D eigenvalue weighted by Gasteiger charge is -2.39. The summed E-state index contributed by atoms with van der Waals surface area (Å²) in [5.41, 5.74) is 0.609. The van der Waals surface area contributed by atoms with Gasteiger partial charge in [0.15, 0.2) is 8.32 Å². The van der Waals surface area contributed by atoms with Gasteiger partial charge in [-0.15, -0.1) is 0 Å². The van der Waals surface area contributed by atoms with E-state index in [1.54, 1.807) is 0 Å². The fourth-order valence-corrected chi connectivity index (χ4v) is 7.79. The van der Waals surface area contributed by atoms with Crippen molar-refractivity contribution in [3.8, 4) is 0 Å². The molecule has 0 bridgehead atoms. The zero-order chi connectivity index (χ0) is 38.4. The Hall–Kier alpha value is -3.66. The molecule has 0 spiro atoms. The van der Waals surface area contributed by atoms with E-state index >= 15 is 0 Å². The Bertz CT molecular complexity index is 1480. The average molecular weight is 731 g/mol. The van der Waals surface area contributed by atoms with Gasteiger partial charge in [0, 0.05) is 19.1 Å². The maximum absolute atomic E-state index is 13.7. The van der Waals surface area contributed by atoms with E-state index in [1.165, 1.54) is 0 Å². The number of benzene rings is 3. The molecule has 1 aliphatic rings. The van der Waals surface area contributed by atoms with Crippen molar-refractivity contribution in [2.75, 3.05) is 13.1 Å². The predicted octanol–water partition coefficient (Wildman–Crippen LogP) is 10.1. The number of carbonyl (C=O) groups is 2. The molecule has 0 aliphatic carbocycles. The molecule has 3 atom stereocenters. The van der Waals surface area contributed by atoms with Gasteiger partial charge in [-0.3, -0.25) is 0 Å². The molecule has 0 radical (unpaired) electrons. The van der Waals surface area contributed by atoms with Crippen LogP contribution < -0.4 is 5.32 Å². The number of nitrogens with zero attached hydrogens (tertiary/aromatic N) is 1. The molecule has 2 amide bonds. The van der Waals surface area contributed by atoms with Crippen LogP contribution in [-0.4, -0.2) is 67.9 Å². The number of ether oxygens (including phenoxy) is 3. The fourth-order valence-electron chi connectivity index (χ4n) is 6.44. The molecule has 0 aromatic heterocycles. The largest absolute Gasteiger partial charge is 0.444 e. The highest BCUT2D eigenvalue weighted by atomic mass is 28.4. The second kappa shape index (κ2) is 16.6. The monoisotopic (exact) mass is 730 g/mol. The third-order valence-corrected chi connectivity index (χ3v) is 14.4. The molecule has 4 rings (SSSR count). The molecule has 8 nitrogen and oxygen atoms in total. The van der Waals surface area contributed by atoms with Crippen molar-refractivity contribution in [3.63, 3.8) is 0 Å². The van der Waals surface area contributed by atoms with E-state index in [0.717, 1.165) is 16.7 Å². The third-order valence-electron chi connectivity index (χ3n) is 9.85. The van der Waals surface area contributed by atoms with Gasteiger partial charge in [-0.05, 0) is 95.6 Å². The molecule has 1 saturated heterocycles. The van der Waals surface area contributed by atoms with Gasteiger partial charge in [0.25, 0.3) is 0 Å². The van der Waals surface area contributed by atoms with Crippen LogP contribution in [0.5, 0.6) is 0 Å². The molecule has 1 N–H and O–H groups in total. The van der Waals surface area contributed by atoms with Gasteiger partial charge in [-0.25, -0.2) is 9.59 Å². The lowest BCUT2D eigenvalue weighted by atomic mass is 9.79. The number of carbonyl (C=O) groups excluding carboxylic acids is 2. The Morgan fingerprint density at radius 1 is 0.750 bits per heavy atom. The first-order valence-corrected chi connectivity index (χ1v) is 21.6. The second-order valence-corrected chi connectivity index (χ2v) is 22.3. The standard InChI is InChI=1S/C43H62N2O6Si/c1-40(2,3)49-38(46)44-30-36(28-27-35-29-37(51-52(10,11)42(7,8)9)31-45(35)39(47)50-41(4,5)6)48-43(32-21-15-12-16-22-32,33-23-17-13-18-24-33)34-25-19-14-20-26-34/h12-26,35-37H,27-31H2,1-11H3,(H,44,46)/t35-,36?,37-/m0/s1. The van der Waals surface area contributed by atoms with Crippen molar-refractivity contribution in [1.82, 2.24) is 10.2 Å². The summed E-state index contributed by atoms with van der Waals surface area (Å²) in [7, 11) is -2.11.